The summed E-state index contributed by atoms with van der Waals surface area (Å²) in [6, 6.07) is 6.07. The van der Waals surface area contributed by atoms with Gasteiger partial charge in [0.2, 0.25) is 10.0 Å². The molecule has 0 aromatic heterocycles. The second-order valence-corrected chi connectivity index (χ2v) is 9.27. The van der Waals surface area contributed by atoms with E-state index in [1.165, 1.54) is 16.4 Å². The molecule has 1 aromatic rings. The van der Waals surface area contributed by atoms with Crippen LogP contribution in [0.3, 0.4) is 0 Å². The summed E-state index contributed by atoms with van der Waals surface area (Å²) in [7, 11) is -3.51. The van der Waals surface area contributed by atoms with Crippen molar-refractivity contribution in [3.05, 3.63) is 29.8 Å². The van der Waals surface area contributed by atoms with Crippen LogP contribution in [-0.2, 0) is 10.0 Å². The fourth-order valence-corrected chi connectivity index (χ4v) is 5.14. The normalized spacial score (nSPS) is 26.4. The molecule has 2 aliphatic rings. The summed E-state index contributed by atoms with van der Waals surface area (Å²) in [6.45, 7) is 4.76. The molecular formula is C18H28ClN3O4S. The van der Waals surface area contributed by atoms with Crippen LogP contribution >= 0.6 is 12.4 Å². The number of halogens is 1. The molecule has 2 aliphatic heterocycles. The third kappa shape index (κ3) is 5.20. The van der Waals surface area contributed by atoms with Crippen molar-refractivity contribution in [3.8, 4) is 0 Å². The molecule has 3 rings (SSSR count). The molecule has 9 heteroatoms. The molecule has 1 aromatic carbocycles. The third-order valence-corrected chi connectivity index (χ3v) is 7.08. The number of hydrogen-bond donors (Lipinski definition) is 3. The van der Waals surface area contributed by atoms with E-state index in [-0.39, 0.29) is 29.1 Å². The smallest absolute Gasteiger partial charge is 0.251 e. The fourth-order valence-electron chi connectivity index (χ4n) is 3.55. The maximum atomic E-state index is 12.7. The molecular weight excluding hydrogens is 390 g/mol. The van der Waals surface area contributed by atoms with Crippen LogP contribution in [0, 0.1) is 11.8 Å². The Morgan fingerprint density at radius 3 is 2.59 bits per heavy atom. The van der Waals surface area contributed by atoms with Crippen molar-refractivity contribution in [2.75, 3.05) is 32.7 Å². The second kappa shape index (κ2) is 9.34. The molecule has 27 heavy (non-hydrogen) atoms. The van der Waals surface area contributed by atoms with Gasteiger partial charge in [-0.1, -0.05) is 6.92 Å². The van der Waals surface area contributed by atoms with Crippen molar-refractivity contribution in [3.63, 3.8) is 0 Å². The number of hydrogen-bond acceptors (Lipinski definition) is 5. The molecule has 2 heterocycles. The zero-order valence-electron chi connectivity index (χ0n) is 15.4. The number of benzene rings is 1. The van der Waals surface area contributed by atoms with E-state index in [0.29, 0.717) is 44.2 Å². The van der Waals surface area contributed by atoms with Crippen molar-refractivity contribution in [1.29, 1.82) is 0 Å². The number of β-amino-alcohol motifs (C(OH)–C–C–N with tert-alkyl or cyclic N) is 1. The molecule has 0 saturated carbocycles. The van der Waals surface area contributed by atoms with Gasteiger partial charge < -0.3 is 15.7 Å². The largest absolute Gasteiger partial charge is 0.391 e. The lowest BCUT2D eigenvalue weighted by atomic mass is 10.0. The maximum absolute atomic E-state index is 12.7. The highest BCUT2D eigenvalue weighted by Gasteiger charge is 2.29. The highest BCUT2D eigenvalue weighted by molar-refractivity contribution is 7.89. The van der Waals surface area contributed by atoms with Gasteiger partial charge in [0, 0.05) is 44.2 Å². The van der Waals surface area contributed by atoms with E-state index in [0.717, 1.165) is 12.8 Å². The lowest BCUT2D eigenvalue weighted by molar-refractivity contribution is 0.0927. The summed E-state index contributed by atoms with van der Waals surface area (Å²) >= 11 is 0. The number of rotatable bonds is 5. The van der Waals surface area contributed by atoms with Gasteiger partial charge in [0.25, 0.3) is 5.91 Å². The first kappa shape index (κ1) is 22.1. The molecule has 2 fully saturated rings. The summed E-state index contributed by atoms with van der Waals surface area (Å²) < 4.78 is 27.0. The predicted octanol–water partition coefficient (Wildman–Crippen LogP) is 0.839. The number of piperidine rings is 1. The highest BCUT2D eigenvalue weighted by atomic mass is 35.5. The van der Waals surface area contributed by atoms with Gasteiger partial charge in [-0.05, 0) is 43.0 Å². The standard InChI is InChI=1S/C18H27N3O4S.ClH/c1-13-3-2-8-21(12-13)26(24,25)16-6-4-14(5-7-16)18(23)20-10-15-9-19-11-17(15)22;/h4-7,13,15,17,19,22H,2-3,8-12H2,1H3,(H,20,23);1H. The van der Waals surface area contributed by atoms with E-state index in [1.54, 1.807) is 12.1 Å². The molecule has 152 valence electrons. The summed E-state index contributed by atoms with van der Waals surface area (Å²) in [5.74, 6) is 0.100. The van der Waals surface area contributed by atoms with Gasteiger partial charge in [-0.15, -0.1) is 12.4 Å². The monoisotopic (exact) mass is 417 g/mol. The number of nitrogens with zero attached hydrogens (tertiary/aromatic N) is 1. The molecule has 0 radical (unpaired) electrons. The van der Waals surface area contributed by atoms with E-state index < -0.39 is 16.1 Å². The highest BCUT2D eigenvalue weighted by Crippen LogP contribution is 2.23. The molecule has 7 nitrogen and oxygen atoms in total. The Balaban J connectivity index is 0.00000261. The average Bonchev–Trinajstić information content (AvgIpc) is 3.05. The third-order valence-electron chi connectivity index (χ3n) is 5.20. The van der Waals surface area contributed by atoms with Gasteiger partial charge in [-0.2, -0.15) is 4.31 Å². The van der Waals surface area contributed by atoms with Crippen LogP contribution in [0.5, 0.6) is 0 Å². The van der Waals surface area contributed by atoms with Crippen molar-refractivity contribution >= 4 is 28.3 Å². The minimum Gasteiger partial charge on any atom is -0.391 e. The average molecular weight is 418 g/mol. The molecule has 0 aliphatic carbocycles. The van der Waals surface area contributed by atoms with Gasteiger partial charge in [0.1, 0.15) is 0 Å². The molecule has 2 saturated heterocycles. The Morgan fingerprint density at radius 2 is 2.00 bits per heavy atom. The summed E-state index contributed by atoms with van der Waals surface area (Å²) in [6.07, 6.45) is 1.48. The first-order valence-corrected chi connectivity index (χ1v) is 10.6. The van der Waals surface area contributed by atoms with Crippen molar-refractivity contribution in [2.24, 2.45) is 11.8 Å². The Morgan fingerprint density at radius 1 is 1.30 bits per heavy atom. The first-order valence-electron chi connectivity index (χ1n) is 9.15. The fraction of sp³-hybridized carbons (Fsp3) is 0.611. The lowest BCUT2D eigenvalue weighted by Crippen LogP contribution is -2.39. The van der Waals surface area contributed by atoms with Gasteiger partial charge >= 0.3 is 0 Å². The van der Waals surface area contributed by atoms with Crippen molar-refractivity contribution in [2.45, 2.75) is 30.8 Å². The summed E-state index contributed by atoms with van der Waals surface area (Å²) in [5.41, 5.74) is 0.413. The Hall–Kier alpha value is -1.19. The van der Waals surface area contributed by atoms with Crippen LogP contribution in [0.25, 0.3) is 0 Å². The lowest BCUT2D eigenvalue weighted by Gasteiger charge is -2.30. The topological polar surface area (TPSA) is 98.7 Å². The Bertz CT molecular complexity index is 741. The quantitative estimate of drug-likeness (QED) is 0.659. The van der Waals surface area contributed by atoms with Crippen LogP contribution in [0.1, 0.15) is 30.1 Å². The van der Waals surface area contributed by atoms with E-state index in [9.17, 15) is 18.3 Å². The SMILES string of the molecule is CC1CCCN(S(=O)(=O)c2ccc(C(=O)NCC3CNCC3O)cc2)C1.Cl. The Labute approximate surface area is 167 Å². The van der Waals surface area contributed by atoms with Gasteiger partial charge in [-0.3, -0.25) is 4.79 Å². The van der Waals surface area contributed by atoms with Gasteiger partial charge in [-0.25, -0.2) is 8.42 Å². The zero-order valence-corrected chi connectivity index (χ0v) is 17.1. The minimum atomic E-state index is -3.51. The molecule has 1 amide bonds. The number of carbonyl (C=O) groups excluding carboxylic acids is 1. The Kier molecular flexibility index (Phi) is 7.64. The van der Waals surface area contributed by atoms with Gasteiger partial charge in [0.15, 0.2) is 0 Å². The first-order chi connectivity index (χ1) is 12.4. The van der Waals surface area contributed by atoms with E-state index in [2.05, 4.69) is 17.6 Å². The minimum absolute atomic E-state index is 0. The van der Waals surface area contributed by atoms with E-state index >= 15 is 0 Å². The molecule has 3 unspecified atom stereocenters. The number of nitrogens with one attached hydrogen (secondary N) is 2. The zero-order chi connectivity index (χ0) is 18.7. The molecule has 3 atom stereocenters. The van der Waals surface area contributed by atoms with Crippen LogP contribution in [0.4, 0.5) is 0 Å². The molecule has 3 N–H and O–H groups in total. The number of aliphatic hydroxyl groups excluding tert-OH is 1. The van der Waals surface area contributed by atoms with Crippen LogP contribution in [0.15, 0.2) is 29.2 Å². The number of aliphatic hydroxyl groups is 1. The van der Waals surface area contributed by atoms with Crippen LogP contribution < -0.4 is 10.6 Å². The second-order valence-electron chi connectivity index (χ2n) is 7.33. The van der Waals surface area contributed by atoms with E-state index in [4.69, 9.17) is 0 Å². The summed E-state index contributed by atoms with van der Waals surface area (Å²) in [5, 5.41) is 15.6. The van der Waals surface area contributed by atoms with Crippen molar-refractivity contribution < 1.29 is 18.3 Å². The molecule has 0 bridgehead atoms. The van der Waals surface area contributed by atoms with Crippen molar-refractivity contribution in [1.82, 2.24) is 14.9 Å². The summed E-state index contributed by atoms with van der Waals surface area (Å²) in [4.78, 5) is 12.5. The number of amides is 1. The predicted molar refractivity (Wildman–Crippen MR) is 106 cm³/mol. The van der Waals surface area contributed by atoms with E-state index in [1.807, 2.05) is 0 Å². The van der Waals surface area contributed by atoms with Crippen LogP contribution in [-0.4, -0.2) is 62.6 Å². The van der Waals surface area contributed by atoms with Gasteiger partial charge in [0.05, 0.1) is 11.0 Å². The van der Waals surface area contributed by atoms with Crippen LogP contribution in [0.2, 0.25) is 0 Å². The number of sulfonamides is 1. The molecule has 0 spiro atoms. The maximum Gasteiger partial charge on any atom is 0.251 e. The number of carbonyl (C=O) groups is 1.